The smallest absolute Gasteiger partial charge is 0.410 e. The van der Waals surface area contributed by atoms with Crippen molar-refractivity contribution in [3.05, 3.63) is 87.8 Å². The minimum absolute atomic E-state index is 0.152. The first-order valence-corrected chi connectivity index (χ1v) is 14.5. The molecule has 0 spiro atoms. The van der Waals surface area contributed by atoms with Crippen molar-refractivity contribution in [2.75, 3.05) is 37.9 Å². The third-order valence-electron chi connectivity index (χ3n) is 6.32. The van der Waals surface area contributed by atoms with E-state index in [0.717, 1.165) is 26.9 Å². The lowest BCUT2D eigenvalue weighted by Gasteiger charge is -2.17. The van der Waals surface area contributed by atoms with Crippen LogP contribution in [0.15, 0.2) is 86.6 Å². The van der Waals surface area contributed by atoms with Crippen LogP contribution in [-0.4, -0.2) is 54.7 Å². The number of benzene rings is 3. The van der Waals surface area contributed by atoms with Crippen LogP contribution in [0, 0.1) is 11.3 Å². The molecule has 0 saturated carbocycles. The number of rotatable bonds is 6. The predicted molar refractivity (Wildman–Crippen MR) is 164 cm³/mol. The Kier molecular flexibility index (Phi) is 8.23. The lowest BCUT2D eigenvalue weighted by molar-refractivity contribution is -0.122. The first kappa shape index (κ1) is 28.1. The summed E-state index contributed by atoms with van der Waals surface area (Å²) in [5, 5.41) is 14.1. The summed E-state index contributed by atoms with van der Waals surface area (Å²) in [4.78, 5) is 37.5. The molecule has 1 N–H and O–H groups in total. The quantitative estimate of drug-likeness (QED) is 0.341. The van der Waals surface area contributed by atoms with Crippen LogP contribution in [0.1, 0.15) is 18.1 Å². The second-order valence-corrected chi connectivity index (χ2v) is 11.4. The summed E-state index contributed by atoms with van der Waals surface area (Å²) in [7, 11) is 5.14. The molecule has 1 saturated heterocycles. The standard InChI is InChI=1S/C30H28N6O3S2/c1-5-32-22-13-11-20(17-31)15-23(22)33-29-36(18-19-9-7-6-8-10-19)27(37)26(41-29)28-35(4)24-16-21(12-14-25(24)40-28)39-30(38)34(2)3/h6-16,32H,5,18H2,1-4H3/b28-26-,33-29?. The van der Waals surface area contributed by atoms with Gasteiger partial charge in [0.1, 0.15) is 10.7 Å². The third-order valence-corrected chi connectivity index (χ3v) is 8.76. The largest absolute Gasteiger partial charge is 0.414 e. The van der Waals surface area contributed by atoms with Crippen molar-refractivity contribution in [3.8, 4) is 11.8 Å². The maximum atomic E-state index is 14.0. The normalized spacial score (nSPS) is 17.0. The van der Waals surface area contributed by atoms with Crippen molar-refractivity contribution in [2.45, 2.75) is 18.4 Å². The number of nitrogens with one attached hydrogen (secondary N) is 1. The van der Waals surface area contributed by atoms with E-state index in [4.69, 9.17) is 9.73 Å². The fraction of sp³-hybridized carbons (Fsp3) is 0.200. The number of ether oxygens (including phenoxy) is 1. The highest BCUT2D eigenvalue weighted by atomic mass is 32.2. The Morgan fingerprint density at radius 2 is 1.88 bits per heavy atom. The van der Waals surface area contributed by atoms with Gasteiger partial charge in [-0.3, -0.25) is 9.69 Å². The van der Waals surface area contributed by atoms with Gasteiger partial charge < -0.3 is 19.9 Å². The molecule has 3 aromatic rings. The number of amidine groups is 1. The van der Waals surface area contributed by atoms with E-state index >= 15 is 0 Å². The lowest BCUT2D eigenvalue weighted by Crippen LogP contribution is -2.29. The zero-order valence-corrected chi connectivity index (χ0v) is 24.7. The van der Waals surface area contributed by atoms with Gasteiger partial charge in [-0.15, -0.1) is 0 Å². The molecule has 0 atom stereocenters. The van der Waals surface area contributed by atoms with Crippen LogP contribution in [-0.2, 0) is 11.3 Å². The van der Waals surface area contributed by atoms with Crippen molar-refractivity contribution in [2.24, 2.45) is 4.99 Å². The van der Waals surface area contributed by atoms with Crippen molar-refractivity contribution in [1.29, 1.82) is 5.26 Å². The molecule has 11 heteroatoms. The van der Waals surface area contributed by atoms with Crippen molar-refractivity contribution >= 4 is 57.8 Å². The number of nitriles is 1. The highest BCUT2D eigenvalue weighted by Crippen LogP contribution is 2.51. The Morgan fingerprint density at radius 1 is 1.10 bits per heavy atom. The monoisotopic (exact) mass is 584 g/mol. The molecule has 1 fully saturated rings. The first-order chi connectivity index (χ1) is 19.8. The van der Waals surface area contributed by atoms with E-state index in [2.05, 4.69) is 11.4 Å². The van der Waals surface area contributed by atoms with Gasteiger partial charge in [0.15, 0.2) is 5.17 Å². The summed E-state index contributed by atoms with van der Waals surface area (Å²) in [6.45, 7) is 3.03. The number of carbonyl (C=O) groups excluding carboxylic acids is 2. The topological polar surface area (TPSA) is 101 Å². The van der Waals surface area contributed by atoms with E-state index in [1.807, 2.05) is 61.3 Å². The molecule has 0 aromatic heterocycles. The number of hydrogen-bond donors (Lipinski definition) is 1. The minimum Gasteiger partial charge on any atom is -0.410 e. The van der Waals surface area contributed by atoms with E-state index in [9.17, 15) is 14.9 Å². The summed E-state index contributed by atoms with van der Waals surface area (Å²) >= 11 is 2.80. The third kappa shape index (κ3) is 5.89. The van der Waals surface area contributed by atoms with Crippen LogP contribution in [0.2, 0.25) is 0 Å². The molecule has 2 heterocycles. The number of hydrogen-bond acceptors (Lipinski definition) is 9. The summed E-state index contributed by atoms with van der Waals surface area (Å²) in [5.74, 6) is 0.272. The number of aliphatic imine (C=N–C) groups is 1. The molecule has 0 bridgehead atoms. The minimum atomic E-state index is -0.465. The van der Waals surface area contributed by atoms with Crippen LogP contribution in [0.25, 0.3) is 0 Å². The molecule has 2 amide bonds. The van der Waals surface area contributed by atoms with E-state index in [1.165, 1.54) is 28.4 Å². The van der Waals surface area contributed by atoms with Gasteiger partial charge in [0.2, 0.25) is 0 Å². The van der Waals surface area contributed by atoms with Crippen molar-refractivity contribution in [3.63, 3.8) is 0 Å². The predicted octanol–water partition coefficient (Wildman–Crippen LogP) is 6.22. The van der Waals surface area contributed by atoms with E-state index < -0.39 is 6.09 Å². The molecule has 3 aromatic carbocycles. The fourth-order valence-electron chi connectivity index (χ4n) is 4.24. The summed E-state index contributed by atoms with van der Waals surface area (Å²) in [6.07, 6.45) is -0.465. The molecule has 5 rings (SSSR count). The Labute approximate surface area is 247 Å². The average molecular weight is 585 g/mol. The van der Waals surface area contributed by atoms with Crippen molar-refractivity contribution < 1.29 is 14.3 Å². The Bertz CT molecular complexity index is 1610. The number of thioether (sulfide) groups is 2. The van der Waals surface area contributed by atoms with Crippen molar-refractivity contribution in [1.82, 2.24) is 9.80 Å². The molecule has 0 unspecified atom stereocenters. The number of anilines is 2. The Balaban J connectivity index is 1.54. The number of nitrogens with zero attached hydrogens (tertiary/aromatic N) is 5. The second-order valence-electron chi connectivity index (χ2n) is 9.43. The highest BCUT2D eigenvalue weighted by Gasteiger charge is 2.39. The van der Waals surface area contributed by atoms with Crippen LogP contribution >= 0.6 is 23.5 Å². The van der Waals surface area contributed by atoms with Gasteiger partial charge in [-0.2, -0.15) is 5.26 Å². The average Bonchev–Trinajstić information content (AvgIpc) is 3.45. The van der Waals surface area contributed by atoms with E-state index in [-0.39, 0.29) is 5.91 Å². The van der Waals surface area contributed by atoms with Crippen LogP contribution in [0.3, 0.4) is 0 Å². The highest BCUT2D eigenvalue weighted by molar-refractivity contribution is 8.19. The molecule has 9 nitrogen and oxygen atoms in total. The number of amides is 2. The van der Waals surface area contributed by atoms with Crippen LogP contribution in [0.4, 0.5) is 21.9 Å². The van der Waals surface area contributed by atoms with Crippen LogP contribution < -0.4 is 15.0 Å². The Morgan fingerprint density at radius 3 is 2.59 bits per heavy atom. The molecule has 2 aliphatic heterocycles. The first-order valence-electron chi connectivity index (χ1n) is 12.9. The fourth-order valence-corrected chi connectivity index (χ4v) is 6.56. The van der Waals surface area contributed by atoms with Gasteiger partial charge in [-0.25, -0.2) is 9.79 Å². The van der Waals surface area contributed by atoms with Gasteiger partial charge in [-0.1, -0.05) is 42.1 Å². The van der Waals surface area contributed by atoms with Gasteiger partial charge >= 0.3 is 6.09 Å². The lowest BCUT2D eigenvalue weighted by atomic mass is 10.2. The summed E-state index contributed by atoms with van der Waals surface area (Å²) in [6, 6.07) is 22.7. The number of carbonyl (C=O) groups is 2. The number of fused-ring (bicyclic) bond motifs is 1. The van der Waals surface area contributed by atoms with E-state index in [1.54, 1.807) is 43.3 Å². The van der Waals surface area contributed by atoms with Gasteiger partial charge in [0.25, 0.3) is 5.91 Å². The van der Waals surface area contributed by atoms with E-state index in [0.29, 0.717) is 40.2 Å². The zero-order valence-electron chi connectivity index (χ0n) is 23.0. The maximum absolute atomic E-state index is 14.0. The molecular weight excluding hydrogens is 557 g/mol. The molecule has 41 heavy (non-hydrogen) atoms. The summed E-state index contributed by atoms with van der Waals surface area (Å²) < 4.78 is 5.45. The molecule has 2 aliphatic rings. The maximum Gasteiger partial charge on any atom is 0.414 e. The Hall–Kier alpha value is -4.40. The van der Waals surface area contributed by atoms with Gasteiger partial charge in [-0.05, 0) is 54.6 Å². The van der Waals surface area contributed by atoms with Gasteiger partial charge in [0.05, 0.1) is 40.3 Å². The van der Waals surface area contributed by atoms with Gasteiger partial charge in [0, 0.05) is 38.6 Å². The second kappa shape index (κ2) is 12.0. The molecule has 0 radical (unpaired) electrons. The summed E-state index contributed by atoms with van der Waals surface area (Å²) in [5.41, 5.74) is 3.68. The molecular formula is C30H28N6O3S2. The SMILES string of the molecule is CCNc1ccc(C#N)cc1N=C1S/C(=C2\Sc3ccc(OC(=O)N(C)C)cc3N2C)C(=O)N1Cc1ccccc1. The molecule has 208 valence electrons. The van der Waals surface area contributed by atoms with Crippen LogP contribution in [0.5, 0.6) is 5.75 Å². The molecule has 0 aliphatic carbocycles. The zero-order chi connectivity index (χ0) is 29.1.